The standard InChI is InChI=1S/C17H12N4O5/c1-19-12-6-10(2-4-14(12)26-9-16(19)23)17-13(8-22)20-7-11(21(24)25)3-5-15(20)18-17/h2-8H,9H2,1H3. The molecule has 0 spiro atoms. The quantitative estimate of drug-likeness (QED) is 0.406. The molecule has 9 heteroatoms. The van der Waals surface area contributed by atoms with Gasteiger partial charge in [0.15, 0.2) is 12.9 Å². The molecule has 26 heavy (non-hydrogen) atoms. The Bertz CT molecular complexity index is 1090. The molecule has 1 amide bonds. The van der Waals surface area contributed by atoms with Crippen LogP contribution in [0.4, 0.5) is 11.4 Å². The van der Waals surface area contributed by atoms with Gasteiger partial charge in [0.25, 0.3) is 11.6 Å². The van der Waals surface area contributed by atoms with Crippen LogP contribution in [0.15, 0.2) is 36.5 Å². The Balaban J connectivity index is 1.91. The molecule has 9 nitrogen and oxygen atoms in total. The van der Waals surface area contributed by atoms with Crippen LogP contribution in [0.3, 0.4) is 0 Å². The van der Waals surface area contributed by atoms with Gasteiger partial charge in [0.1, 0.15) is 22.8 Å². The van der Waals surface area contributed by atoms with Crippen molar-refractivity contribution in [3.63, 3.8) is 0 Å². The van der Waals surface area contributed by atoms with E-state index in [0.29, 0.717) is 34.6 Å². The van der Waals surface area contributed by atoms with Crippen LogP contribution in [0.1, 0.15) is 10.5 Å². The molecule has 0 unspecified atom stereocenters. The monoisotopic (exact) mass is 352 g/mol. The van der Waals surface area contributed by atoms with E-state index in [1.807, 2.05) is 0 Å². The molecule has 0 atom stereocenters. The fourth-order valence-corrected chi connectivity index (χ4v) is 2.90. The van der Waals surface area contributed by atoms with Crippen LogP contribution < -0.4 is 9.64 Å². The van der Waals surface area contributed by atoms with E-state index in [1.165, 1.54) is 27.6 Å². The highest BCUT2D eigenvalue weighted by atomic mass is 16.6. The third-order valence-corrected chi connectivity index (χ3v) is 4.28. The van der Waals surface area contributed by atoms with Gasteiger partial charge >= 0.3 is 0 Å². The summed E-state index contributed by atoms with van der Waals surface area (Å²) < 4.78 is 6.77. The van der Waals surface area contributed by atoms with E-state index in [4.69, 9.17) is 4.74 Å². The summed E-state index contributed by atoms with van der Waals surface area (Å²) in [6.07, 6.45) is 1.86. The summed E-state index contributed by atoms with van der Waals surface area (Å²) >= 11 is 0. The van der Waals surface area contributed by atoms with Gasteiger partial charge < -0.3 is 9.64 Å². The maximum atomic E-state index is 11.8. The molecule has 0 fully saturated rings. The highest BCUT2D eigenvalue weighted by Gasteiger charge is 2.24. The Labute approximate surface area is 146 Å². The summed E-state index contributed by atoms with van der Waals surface area (Å²) in [7, 11) is 1.64. The minimum Gasteiger partial charge on any atom is -0.482 e. The predicted octanol–water partition coefficient (Wildman–Crippen LogP) is 2.08. The molecule has 0 saturated carbocycles. The van der Waals surface area contributed by atoms with Crippen molar-refractivity contribution < 1.29 is 19.2 Å². The lowest BCUT2D eigenvalue weighted by Gasteiger charge is -2.26. The number of imidazole rings is 1. The van der Waals surface area contributed by atoms with Crippen molar-refractivity contribution in [2.24, 2.45) is 0 Å². The Kier molecular flexibility index (Phi) is 3.43. The molecule has 0 radical (unpaired) electrons. The van der Waals surface area contributed by atoms with Gasteiger partial charge in [-0.15, -0.1) is 0 Å². The van der Waals surface area contributed by atoms with Crippen molar-refractivity contribution in [2.75, 3.05) is 18.6 Å². The first-order valence-electron chi connectivity index (χ1n) is 7.65. The van der Waals surface area contributed by atoms with Crippen LogP contribution in [0.25, 0.3) is 16.9 Å². The van der Waals surface area contributed by atoms with E-state index in [-0.39, 0.29) is 23.9 Å². The number of amides is 1. The van der Waals surface area contributed by atoms with Gasteiger partial charge in [-0.05, 0) is 24.3 Å². The predicted molar refractivity (Wildman–Crippen MR) is 91.6 cm³/mol. The molecule has 4 rings (SSSR count). The minimum absolute atomic E-state index is 0.0273. The van der Waals surface area contributed by atoms with Crippen molar-refractivity contribution >= 4 is 29.2 Å². The van der Waals surface area contributed by atoms with Gasteiger partial charge in [-0.2, -0.15) is 0 Å². The highest BCUT2D eigenvalue weighted by Crippen LogP contribution is 2.36. The Morgan fingerprint density at radius 2 is 2.12 bits per heavy atom. The first-order valence-corrected chi connectivity index (χ1v) is 7.65. The van der Waals surface area contributed by atoms with E-state index in [2.05, 4.69) is 4.98 Å². The Morgan fingerprint density at radius 1 is 1.31 bits per heavy atom. The fourth-order valence-electron chi connectivity index (χ4n) is 2.90. The number of likely N-dealkylation sites (N-methyl/N-ethyl adjacent to an activating group) is 1. The number of nitro groups is 1. The van der Waals surface area contributed by atoms with Gasteiger partial charge in [-0.25, -0.2) is 4.98 Å². The molecule has 3 aromatic rings. The lowest BCUT2D eigenvalue weighted by molar-refractivity contribution is -0.385. The van der Waals surface area contributed by atoms with Crippen LogP contribution in [-0.4, -0.2) is 40.2 Å². The van der Waals surface area contributed by atoms with Gasteiger partial charge in [0.05, 0.1) is 16.8 Å². The molecule has 0 aliphatic carbocycles. The van der Waals surface area contributed by atoms with Gasteiger partial charge in [-0.3, -0.25) is 24.1 Å². The number of rotatable bonds is 3. The van der Waals surface area contributed by atoms with Crippen LogP contribution >= 0.6 is 0 Å². The molecular weight excluding hydrogens is 340 g/mol. The lowest BCUT2D eigenvalue weighted by Crippen LogP contribution is -2.35. The third kappa shape index (κ3) is 2.29. The molecule has 2 aromatic heterocycles. The molecule has 0 N–H and O–H groups in total. The van der Waals surface area contributed by atoms with E-state index in [1.54, 1.807) is 25.2 Å². The van der Waals surface area contributed by atoms with Crippen molar-refractivity contribution in [2.45, 2.75) is 0 Å². The molecule has 1 aliphatic heterocycles. The summed E-state index contributed by atoms with van der Waals surface area (Å²) in [5, 5.41) is 11.0. The van der Waals surface area contributed by atoms with E-state index < -0.39 is 4.92 Å². The second-order valence-corrected chi connectivity index (χ2v) is 5.76. The summed E-state index contributed by atoms with van der Waals surface area (Å²) in [4.78, 5) is 39.8. The Morgan fingerprint density at radius 3 is 2.85 bits per heavy atom. The summed E-state index contributed by atoms with van der Waals surface area (Å²) in [5.74, 6) is 0.374. The summed E-state index contributed by atoms with van der Waals surface area (Å²) in [6, 6.07) is 7.94. The van der Waals surface area contributed by atoms with Crippen molar-refractivity contribution in [1.82, 2.24) is 9.38 Å². The lowest BCUT2D eigenvalue weighted by atomic mass is 10.1. The number of benzene rings is 1. The number of ether oxygens (including phenoxy) is 1. The minimum atomic E-state index is -0.537. The molecule has 3 heterocycles. The summed E-state index contributed by atoms with van der Waals surface area (Å²) in [5.41, 5.74) is 1.99. The first-order chi connectivity index (χ1) is 12.5. The number of fused-ring (bicyclic) bond motifs is 2. The zero-order chi connectivity index (χ0) is 18.4. The molecule has 0 saturated heterocycles. The molecular formula is C17H12N4O5. The number of aldehydes is 1. The van der Waals surface area contributed by atoms with Crippen LogP contribution in [0.5, 0.6) is 5.75 Å². The van der Waals surface area contributed by atoms with E-state index >= 15 is 0 Å². The zero-order valence-electron chi connectivity index (χ0n) is 13.6. The SMILES string of the molecule is CN1C(=O)COc2ccc(-c3nc4ccc([N+](=O)[O-])cn4c3C=O)cc21. The second kappa shape index (κ2) is 5.66. The van der Waals surface area contributed by atoms with E-state index in [9.17, 15) is 19.7 Å². The number of carbonyl (C=O) groups excluding carboxylic acids is 2. The topological polar surface area (TPSA) is 107 Å². The van der Waals surface area contributed by atoms with Crippen molar-refractivity contribution in [3.05, 3.63) is 52.3 Å². The number of hydrogen-bond donors (Lipinski definition) is 0. The maximum Gasteiger partial charge on any atom is 0.286 e. The molecule has 0 bridgehead atoms. The molecule has 1 aliphatic rings. The molecule has 130 valence electrons. The van der Waals surface area contributed by atoms with E-state index in [0.717, 1.165) is 0 Å². The zero-order valence-corrected chi connectivity index (χ0v) is 13.6. The highest BCUT2D eigenvalue weighted by molar-refractivity contribution is 5.98. The van der Waals surface area contributed by atoms with Crippen LogP contribution in [-0.2, 0) is 4.79 Å². The average molecular weight is 352 g/mol. The smallest absolute Gasteiger partial charge is 0.286 e. The number of pyridine rings is 1. The Hall–Kier alpha value is -3.75. The first kappa shape index (κ1) is 15.8. The number of anilines is 1. The summed E-state index contributed by atoms with van der Waals surface area (Å²) in [6.45, 7) is -0.0273. The normalized spacial score (nSPS) is 13.4. The van der Waals surface area contributed by atoms with Crippen LogP contribution in [0.2, 0.25) is 0 Å². The number of nitrogens with zero attached hydrogens (tertiary/aromatic N) is 4. The maximum absolute atomic E-state index is 11.8. The van der Waals surface area contributed by atoms with Crippen molar-refractivity contribution in [1.29, 1.82) is 0 Å². The van der Waals surface area contributed by atoms with Crippen LogP contribution in [0, 0.1) is 10.1 Å². The molecule has 1 aromatic carbocycles. The fraction of sp³-hybridized carbons (Fsp3) is 0.118. The largest absolute Gasteiger partial charge is 0.482 e. The van der Waals surface area contributed by atoms with Gasteiger partial charge in [0.2, 0.25) is 0 Å². The van der Waals surface area contributed by atoms with Crippen molar-refractivity contribution in [3.8, 4) is 17.0 Å². The number of aromatic nitrogens is 2. The number of carbonyl (C=O) groups is 2. The van der Waals surface area contributed by atoms with Gasteiger partial charge in [-0.1, -0.05) is 0 Å². The second-order valence-electron chi connectivity index (χ2n) is 5.76. The average Bonchev–Trinajstić information content (AvgIpc) is 3.02. The third-order valence-electron chi connectivity index (χ3n) is 4.28. The number of hydrogen-bond acceptors (Lipinski definition) is 6. The van der Waals surface area contributed by atoms with Gasteiger partial charge in [0, 0.05) is 18.7 Å².